The molecule has 1 atom stereocenters. The predicted octanol–water partition coefficient (Wildman–Crippen LogP) is 3.05. The first-order valence-electron chi connectivity index (χ1n) is 8.22. The fourth-order valence-electron chi connectivity index (χ4n) is 2.50. The molecule has 0 saturated carbocycles. The quantitative estimate of drug-likeness (QED) is 0.701. The molecule has 0 aliphatic heterocycles. The fraction of sp³-hybridized carbons (Fsp3) is 0.316. The SMILES string of the molecule is CSc1ccc([C@H](C)NC(=O)CN(Cc2ccccc2)S(C)(=O)=O)cc1. The van der Waals surface area contributed by atoms with Crippen molar-refractivity contribution in [3.05, 3.63) is 65.7 Å². The molecule has 0 aromatic heterocycles. The lowest BCUT2D eigenvalue weighted by atomic mass is 10.1. The van der Waals surface area contributed by atoms with Crippen LogP contribution in [0.1, 0.15) is 24.1 Å². The highest BCUT2D eigenvalue weighted by molar-refractivity contribution is 7.98. The Kier molecular flexibility index (Phi) is 7.25. The molecule has 0 bridgehead atoms. The van der Waals surface area contributed by atoms with Crippen LogP contribution in [0.25, 0.3) is 0 Å². The summed E-state index contributed by atoms with van der Waals surface area (Å²) in [4.78, 5) is 13.5. The third-order valence-electron chi connectivity index (χ3n) is 3.98. The van der Waals surface area contributed by atoms with Crippen molar-refractivity contribution in [3.8, 4) is 0 Å². The second-order valence-electron chi connectivity index (χ2n) is 6.08. The molecule has 5 nitrogen and oxygen atoms in total. The molecule has 0 heterocycles. The number of hydrogen-bond donors (Lipinski definition) is 1. The Morgan fingerprint density at radius 1 is 1.12 bits per heavy atom. The van der Waals surface area contributed by atoms with Crippen molar-refractivity contribution in [2.24, 2.45) is 0 Å². The van der Waals surface area contributed by atoms with E-state index in [4.69, 9.17) is 0 Å². The Labute approximate surface area is 159 Å². The molecule has 2 aromatic rings. The van der Waals surface area contributed by atoms with E-state index in [1.54, 1.807) is 11.8 Å². The Hall–Kier alpha value is -1.83. The van der Waals surface area contributed by atoms with Gasteiger partial charge in [0.1, 0.15) is 0 Å². The van der Waals surface area contributed by atoms with Crippen LogP contribution >= 0.6 is 11.8 Å². The van der Waals surface area contributed by atoms with Gasteiger partial charge in [-0.2, -0.15) is 4.31 Å². The highest BCUT2D eigenvalue weighted by Gasteiger charge is 2.21. The number of nitrogens with one attached hydrogen (secondary N) is 1. The van der Waals surface area contributed by atoms with Crippen molar-refractivity contribution in [1.29, 1.82) is 0 Å². The van der Waals surface area contributed by atoms with Crippen LogP contribution in [-0.2, 0) is 21.4 Å². The van der Waals surface area contributed by atoms with Crippen LogP contribution in [0, 0.1) is 0 Å². The lowest BCUT2D eigenvalue weighted by Crippen LogP contribution is -2.40. The van der Waals surface area contributed by atoms with Crippen LogP contribution in [0.2, 0.25) is 0 Å². The molecular weight excluding hydrogens is 368 g/mol. The average Bonchev–Trinajstić information content (AvgIpc) is 2.61. The summed E-state index contributed by atoms with van der Waals surface area (Å²) >= 11 is 1.65. The van der Waals surface area contributed by atoms with E-state index >= 15 is 0 Å². The highest BCUT2D eigenvalue weighted by atomic mass is 32.2. The number of hydrogen-bond acceptors (Lipinski definition) is 4. The van der Waals surface area contributed by atoms with Crippen molar-refractivity contribution >= 4 is 27.7 Å². The standard InChI is InChI=1S/C19H24N2O3S2/c1-15(17-9-11-18(25-2)12-10-17)20-19(22)14-21(26(3,23)24)13-16-7-5-4-6-8-16/h4-12,15H,13-14H2,1-3H3,(H,20,22)/t15-/m0/s1. The van der Waals surface area contributed by atoms with Crippen molar-refractivity contribution < 1.29 is 13.2 Å². The first-order valence-corrected chi connectivity index (χ1v) is 11.3. The molecule has 0 saturated heterocycles. The van der Waals surface area contributed by atoms with Gasteiger partial charge in [0, 0.05) is 11.4 Å². The Balaban J connectivity index is 2.02. The molecule has 2 aromatic carbocycles. The fourth-order valence-corrected chi connectivity index (χ4v) is 3.64. The summed E-state index contributed by atoms with van der Waals surface area (Å²) in [5.74, 6) is -0.326. The van der Waals surface area contributed by atoms with Gasteiger partial charge in [0.15, 0.2) is 0 Å². The average molecular weight is 393 g/mol. The molecule has 1 N–H and O–H groups in total. The highest BCUT2D eigenvalue weighted by Crippen LogP contribution is 2.19. The van der Waals surface area contributed by atoms with Gasteiger partial charge in [0.25, 0.3) is 0 Å². The normalized spacial score (nSPS) is 12.8. The minimum atomic E-state index is -3.50. The maximum atomic E-state index is 12.4. The van der Waals surface area contributed by atoms with E-state index in [-0.39, 0.29) is 25.0 Å². The van der Waals surface area contributed by atoms with E-state index < -0.39 is 10.0 Å². The van der Waals surface area contributed by atoms with Crippen LogP contribution in [0.3, 0.4) is 0 Å². The summed E-state index contributed by atoms with van der Waals surface area (Å²) < 4.78 is 25.3. The first-order chi connectivity index (χ1) is 12.3. The number of carbonyl (C=O) groups is 1. The summed E-state index contributed by atoms with van der Waals surface area (Å²) in [7, 11) is -3.50. The van der Waals surface area contributed by atoms with E-state index in [9.17, 15) is 13.2 Å². The van der Waals surface area contributed by atoms with Gasteiger partial charge in [-0.3, -0.25) is 4.79 Å². The number of amides is 1. The van der Waals surface area contributed by atoms with E-state index in [0.29, 0.717) is 0 Å². The second kappa shape index (κ2) is 9.21. The molecule has 0 unspecified atom stereocenters. The van der Waals surface area contributed by atoms with Crippen molar-refractivity contribution in [2.45, 2.75) is 24.4 Å². The smallest absolute Gasteiger partial charge is 0.235 e. The van der Waals surface area contributed by atoms with Gasteiger partial charge in [-0.25, -0.2) is 8.42 Å². The molecule has 1 amide bonds. The Morgan fingerprint density at radius 2 is 1.73 bits per heavy atom. The van der Waals surface area contributed by atoms with Gasteiger partial charge >= 0.3 is 0 Å². The maximum Gasteiger partial charge on any atom is 0.235 e. The van der Waals surface area contributed by atoms with Gasteiger partial charge in [-0.1, -0.05) is 42.5 Å². The van der Waals surface area contributed by atoms with E-state index in [1.165, 1.54) is 4.31 Å². The first kappa shape index (κ1) is 20.5. The largest absolute Gasteiger partial charge is 0.348 e. The molecule has 26 heavy (non-hydrogen) atoms. The van der Waals surface area contributed by atoms with Crippen molar-refractivity contribution in [2.75, 3.05) is 19.1 Å². The van der Waals surface area contributed by atoms with Crippen LogP contribution in [0.15, 0.2) is 59.5 Å². The zero-order chi connectivity index (χ0) is 19.2. The molecule has 0 spiro atoms. The lowest BCUT2D eigenvalue weighted by Gasteiger charge is -2.21. The lowest BCUT2D eigenvalue weighted by molar-refractivity contribution is -0.122. The van der Waals surface area contributed by atoms with Crippen molar-refractivity contribution in [3.63, 3.8) is 0 Å². The predicted molar refractivity (Wildman–Crippen MR) is 106 cm³/mol. The van der Waals surface area contributed by atoms with Gasteiger partial charge in [0.05, 0.1) is 18.8 Å². The molecule has 0 aliphatic rings. The van der Waals surface area contributed by atoms with E-state index in [1.807, 2.05) is 67.8 Å². The number of rotatable bonds is 8. The molecule has 0 fully saturated rings. The van der Waals surface area contributed by atoms with Gasteiger partial charge in [-0.15, -0.1) is 11.8 Å². The summed E-state index contributed by atoms with van der Waals surface area (Å²) in [6.45, 7) is 1.85. The molecule has 2 rings (SSSR count). The zero-order valence-electron chi connectivity index (χ0n) is 15.2. The third kappa shape index (κ3) is 6.16. The molecule has 140 valence electrons. The Morgan fingerprint density at radius 3 is 2.27 bits per heavy atom. The summed E-state index contributed by atoms with van der Waals surface area (Å²) in [6, 6.07) is 17.0. The number of sulfonamides is 1. The summed E-state index contributed by atoms with van der Waals surface area (Å²) in [5, 5.41) is 2.87. The van der Waals surface area contributed by atoms with E-state index in [0.717, 1.165) is 22.3 Å². The molecule has 0 radical (unpaired) electrons. The number of benzene rings is 2. The van der Waals surface area contributed by atoms with Gasteiger partial charge in [0.2, 0.25) is 15.9 Å². The number of carbonyl (C=O) groups excluding carboxylic acids is 1. The monoisotopic (exact) mass is 392 g/mol. The summed E-state index contributed by atoms with van der Waals surface area (Å²) in [6.07, 6.45) is 3.13. The zero-order valence-corrected chi connectivity index (χ0v) is 16.8. The van der Waals surface area contributed by atoms with Crippen LogP contribution < -0.4 is 5.32 Å². The minimum absolute atomic E-state index is 0.171. The van der Waals surface area contributed by atoms with Crippen LogP contribution in [0.4, 0.5) is 0 Å². The van der Waals surface area contributed by atoms with Crippen LogP contribution in [0.5, 0.6) is 0 Å². The van der Waals surface area contributed by atoms with Crippen molar-refractivity contribution in [1.82, 2.24) is 9.62 Å². The summed E-state index contributed by atoms with van der Waals surface area (Å²) in [5.41, 5.74) is 1.82. The minimum Gasteiger partial charge on any atom is -0.348 e. The Bertz CT molecular complexity index is 822. The van der Waals surface area contributed by atoms with Gasteiger partial charge in [-0.05, 0) is 36.4 Å². The second-order valence-corrected chi connectivity index (χ2v) is 8.94. The maximum absolute atomic E-state index is 12.4. The van der Waals surface area contributed by atoms with E-state index in [2.05, 4.69) is 5.32 Å². The number of thioether (sulfide) groups is 1. The molecule has 7 heteroatoms. The topological polar surface area (TPSA) is 66.5 Å². The molecular formula is C19H24N2O3S2. The number of nitrogens with zero attached hydrogens (tertiary/aromatic N) is 1. The molecule has 0 aliphatic carbocycles. The van der Waals surface area contributed by atoms with Gasteiger partial charge < -0.3 is 5.32 Å². The van der Waals surface area contributed by atoms with Crippen LogP contribution in [-0.4, -0.2) is 37.7 Å². The third-order valence-corrected chi connectivity index (χ3v) is 5.92.